The van der Waals surface area contributed by atoms with E-state index in [1.807, 2.05) is 10.6 Å². The first-order valence-corrected chi connectivity index (χ1v) is 5.87. The number of carbonyl (C=O) groups is 1. The van der Waals surface area contributed by atoms with Gasteiger partial charge in [-0.05, 0) is 24.6 Å². The van der Waals surface area contributed by atoms with Gasteiger partial charge in [-0.3, -0.25) is 4.79 Å². The molecule has 0 spiro atoms. The molecule has 2 nitrogen and oxygen atoms in total. The Morgan fingerprint density at radius 3 is 2.75 bits per heavy atom. The summed E-state index contributed by atoms with van der Waals surface area (Å²) in [6, 6.07) is 5.48. The van der Waals surface area contributed by atoms with Gasteiger partial charge >= 0.3 is 0 Å². The van der Waals surface area contributed by atoms with Crippen LogP contribution in [-0.4, -0.2) is 10.9 Å². The van der Waals surface area contributed by atoms with E-state index in [-0.39, 0.29) is 0 Å². The topological polar surface area (TPSA) is 22.0 Å². The second-order valence-corrected chi connectivity index (χ2v) is 4.43. The van der Waals surface area contributed by atoms with Gasteiger partial charge in [-0.2, -0.15) is 0 Å². The Kier molecular flexibility index (Phi) is 3.22. The van der Waals surface area contributed by atoms with Crippen molar-refractivity contribution >= 4 is 40.4 Å². The van der Waals surface area contributed by atoms with E-state index in [1.54, 1.807) is 12.1 Å². The van der Waals surface area contributed by atoms with Crippen molar-refractivity contribution in [3.05, 3.63) is 33.9 Å². The van der Waals surface area contributed by atoms with Crippen molar-refractivity contribution in [2.45, 2.75) is 19.9 Å². The molecule has 4 heteroatoms. The average Bonchev–Trinajstić information content (AvgIpc) is 2.52. The van der Waals surface area contributed by atoms with Gasteiger partial charge in [0.1, 0.15) is 5.15 Å². The molecule has 0 N–H and O–H groups in total. The van der Waals surface area contributed by atoms with Crippen LogP contribution >= 0.6 is 23.2 Å². The summed E-state index contributed by atoms with van der Waals surface area (Å²) < 4.78 is 1.94. The summed E-state index contributed by atoms with van der Waals surface area (Å²) in [7, 11) is 0. The summed E-state index contributed by atoms with van der Waals surface area (Å²) in [5.41, 5.74) is 1.48. The third-order valence-corrected chi connectivity index (χ3v) is 3.21. The van der Waals surface area contributed by atoms with Crippen LogP contribution in [0.25, 0.3) is 10.9 Å². The number of rotatable bonds is 3. The standard InChI is InChI=1S/C12H11Cl2NO/c1-2-5-15-11-4-3-8(13)6-9(11)10(7-16)12(15)14/h3-4,6-7H,2,5H2,1H3. The zero-order chi connectivity index (χ0) is 11.7. The lowest BCUT2D eigenvalue weighted by Gasteiger charge is -2.04. The molecule has 16 heavy (non-hydrogen) atoms. The number of benzene rings is 1. The molecule has 0 radical (unpaired) electrons. The third kappa shape index (κ3) is 1.72. The van der Waals surface area contributed by atoms with Crippen molar-refractivity contribution < 1.29 is 4.79 Å². The smallest absolute Gasteiger partial charge is 0.153 e. The summed E-state index contributed by atoms with van der Waals surface area (Å²) in [4.78, 5) is 11.0. The molecule has 0 saturated heterocycles. The molecule has 0 aliphatic rings. The quantitative estimate of drug-likeness (QED) is 0.755. The van der Waals surface area contributed by atoms with Gasteiger partial charge in [0.2, 0.25) is 0 Å². The van der Waals surface area contributed by atoms with E-state index in [0.717, 1.165) is 30.2 Å². The number of carbonyl (C=O) groups excluding carboxylic acids is 1. The summed E-state index contributed by atoms with van der Waals surface area (Å²) in [5, 5.41) is 1.93. The monoisotopic (exact) mass is 255 g/mol. The molecule has 0 amide bonds. The van der Waals surface area contributed by atoms with Gasteiger partial charge < -0.3 is 4.57 Å². The third-order valence-electron chi connectivity index (χ3n) is 2.56. The highest BCUT2D eigenvalue weighted by Crippen LogP contribution is 2.30. The molecule has 0 fully saturated rings. The lowest BCUT2D eigenvalue weighted by Crippen LogP contribution is -1.96. The maximum Gasteiger partial charge on any atom is 0.153 e. The highest BCUT2D eigenvalue weighted by atomic mass is 35.5. The van der Waals surface area contributed by atoms with Crippen LogP contribution in [0.15, 0.2) is 18.2 Å². The lowest BCUT2D eigenvalue weighted by molar-refractivity contribution is 0.112. The van der Waals surface area contributed by atoms with Gasteiger partial charge in [0.05, 0.1) is 11.1 Å². The Morgan fingerprint density at radius 2 is 2.12 bits per heavy atom. The van der Waals surface area contributed by atoms with Crippen LogP contribution in [0.3, 0.4) is 0 Å². The molecule has 0 aliphatic heterocycles. The lowest BCUT2D eigenvalue weighted by atomic mass is 10.2. The SMILES string of the molecule is CCCn1c(Cl)c(C=O)c2cc(Cl)ccc21. The van der Waals surface area contributed by atoms with Gasteiger partial charge in [-0.25, -0.2) is 0 Å². The Balaban J connectivity index is 2.80. The molecule has 84 valence electrons. The van der Waals surface area contributed by atoms with E-state index in [2.05, 4.69) is 6.92 Å². The first-order valence-electron chi connectivity index (χ1n) is 5.11. The van der Waals surface area contributed by atoms with Crippen molar-refractivity contribution in [1.29, 1.82) is 0 Å². The Labute approximate surface area is 104 Å². The van der Waals surface area contributed by atoms with Crippen molar-refractivity contribution in [2.75, 3.05) is 0 Å². The van der Waals surface area contributed by atoms with E-state index in [4.69, 9.17) is 23.2 Å². The molecule has 1 aromatic carbocycles. The number of nitrogens with zero attached hydrogens (tertiary/aromatic N) is 1. The van der Waals surface area contributed by atoms with Gasteiger partial charge in [0, 0.05) is 17.0 Å². The van der Waals surface area contributed by atoms with Crippen molar-refractivity contribution in [1.82, 2.24) is 4.57 Å². The molecule has 0 aliphatic carbocycles. The van der Waals surface area contributed by atoms with Crippen LogP contribution in [-0.2, 0) is 6.54 Å². The van der Waals surface area contributed by atoms with Crippen LogP contribution in [0.5, 0.6) is 0 Å². The fourth-order valence-electron chi connectivity index (χ4n) is 1.88. The molecule has 0 atom stereocenters. The molecule has 1 aromatic heterocycles. The minimum absolute atomic E-state index is 0.495. The van der Waals surface area contributed by atoms with E-state index >= 15 is 0 Å². The largest absolute Gasteiger partial charge is 0.331 e. The van der Waals surface area contributed by atoms with Crippen LogP contribution in [0.4, 0.5) is 0 Å². The molecule has 1 heterocycles. The number of aryl methyl sites for hydroxylation is 1. The Bertz CT molecular complexity index is 545. The van der Waals surface area contributed by atoms with E-state index in [1.165, 1.54) is 0 Å². The molecular weight excluding hydrogens is 245 g/mol. The molecule has 0 bridgehead atoms. The van der Waals surface area contributed by atoms with Crippen LogP contribution < -0.4 is 0 Å². The molecule has 0 unspecified atom stereocenters. The van der Waals surface area contributed by atoms with Crippen LogP contribution in [0, 0.1) is 0 Å². The number of hydrogen-bond acceptors (Lipinski definition) is 1. The Morgan fingerprint density at radius 1 is 1.38 bits per heavy atom. The summed E-state index contributed by atoms with van der Waals surface area (Å²) in [5.74, 6) is 0. The van der Waals surface area contributed by atoms with Crippen LogP contribution in [0.2, 0.25) is 10.2 Å². The van der Waals surface area contributed by atoms with E-state index < -0.39 is 0 Å². The Hall–Kier alpha value is -0.990. The number of aldehydes is 1. The molecule has 2 rings (SSSR count). The fraction of sp³-hybridized carbons (Fsp3) is 0.250. The van der Waals surface area contributed by atoms with Crippen molar-refractivity contribution in [3.8, 4) is 0 Å². The van der Waals surface area contributed by atoms with Gasteiger partial charge in [-0.15, -0.1) is 0 Å². The second-order valence-electron chi connectivity index (χ2n) is 3.64. The van der Waals surface area contributed by atoms with Gasteiger partial charge in [0.15, 0.2) is 6.29 Å². The molecular formula is C12H11Cl2NO. The first-order chi connectivity index (χ1) is 7.69. The van der Waals surface area contributed by atoms with Gasteiger partial charge in [-0.1, -0.05) is 30.1 Å². The number of halogens is 2. The fourth-order valence-corrected chi connectivity index (χ4v) is 2.37. The van der Waals surface area contributed by atoms with Gasteiger partial charge in [0.25, 0.3) is 0 Å². The summed E-state index contributed by atoms with van der Waals surface area (Å²) in [6.07, 6.45) is 1.75. The predicted octanol–water partition coefficient (Wildman–Crippen LogP) is 4.17. The van der Waals surface area contributed by atoms with E-state index in [0.29, 0.717) is 15.7 Å². The first kappa shape index (κ1) is 11.5. The number of aromatic nitrogens is 1. The average molecular weight is 256 g/mol. The second kappa shape index (κ2) is 4.48. The zero-order valence-corrected chi connectivity index (χ0v) is 10.3. The normalized spacial score (nSPS) is 10.9. The number of fused-ring (bicyclic) bond motifs is 1. The van der Waals surface area contributed by atoms with Crippen molar-refractivity contribution in [2.24, 2.45) is 0 Å². The number of hydrogen-bond donors (Lipinski definition) is 0. The van der Waals surface area contributed by atoms with Crippen molar-refractivity contribution in [3.63, 3.8) is 0 Å². The summed E-state index contributed by atoms with van der Waals surface area (Å²) >= 11 is 12.1. The minimum atomic E-state index is 0.495. The molecule has 0 saturated carbocycles. The highest BCUT2D eigenvalue weighted by molar-refractivity contribution is 6.35. The highest BCUT2D eigenvalue weighted by Gasteiger charge is 2.14. The maximum atomic E-state index is 11.0. The van der Waals surface area contributed by atoms with Crippen LogP contribution in [0.1, 0.15) is 23.7 Å². The zero-order valence-electron chi connectivity index (χ0n) is 8.84. The minimum Gasteiger partial charge on any atom is -0.331 e. The van der Waals surface area contributed by atoms with E-state index in [9.17, 15) is 4.79 Å². The predicted molar refractivity (Wildman–Crippen MR) is 67.6 cm³/mol. The summed E-state index contributed by atoms with van der Waals surface area (Å²) in [6.45, 7) is 2.86. The maximum absolute atomic E-state index is 11.0. The molecule has 2 aromatic rings.